The second kappa shape index (κ2) is 6.99. The van der Waals surface area contributed by atoms with Crippen LogP contribution in [0.3, 0.4) is 0 Å². The molecule has 2 amide bonds. The van der Waals surface area contributed by atoms with Crippen molar-refractivity contribution in [3.8, 4) is 0 Å². The molecule has 0 aromatic heterocycles. The van der Waals surface area contributed by atoms with Gasteiger partial charge in [-0.3, -0.25) is 10.1 Å². The molecule has 1 aromatic rings. The summed E-state index contributed by atoms with van der Waals surface area (Å²) in [5.74, 6) is -1.56. The van der Waals surface area contributed by atoms with E-state index in [9.17, 15) is 21.9 Å². The minimum Gasteiger partial charge on any atom is -0.444 e. The van der Waals surface area contributed by atoms with E-state index in [0.29, 0.717) is 11.4 Å². The van der Waals surface area contributed by atoms with Crippen molar-refractivity contribution in [3.63, 3.8) is 0 Å². The third-order valence-electron chi connectivity index (χ3n) is 3.44. The number of anilines is 2. The average Bonchev–Trinajstić information content (AvgIpc) is 2.75. The lowest BCUT2D eigenvalue weighted by Crippen LogP contribution is -2.27. The molecule has 25 heavy (non-hydrogen) atoms. The lowest BCUT2D eigenvalue weighted by molar-refractivity contribution is -0.117. The fraction of sp³-hybridized carbons (Fsp3) is 0.500. The predicted molar refractivity (Wildman–Crippen MR) is 91.7 cm³/mol. The maximum atomic E-state index is 12.8. The van der Waals surface area contributed by atoms with Crippen LogP contribution in [0, 0.1) is 5.92 Å². The number of benzene rings is 1. The fourth-order valence-electron chi connectivity index (χ4n) is 2.60. The monoisotopic (exact) mass is 372 g/mol. The fourth-order valence-corrected chi connectivity index (χ4v) is 3.38. The van der Waals surface area contributed by atoms with Crippen LogP contribution in [-0.2, 0) is 19.8 Å². The Morgan fingerprint density at radius 1 is 1.40 bits per heavy atom. The highest BCUT2D eigenvalue weighted by atomic mass is 32.3. The van der Waals surface area contributed by atoms with Crippen LogP contribution < -0.4 is 10.2 Å². The molecule has 1 aliphatic rings. The van der Waals surface area contributed by atoms with Gasteiger partial charge in [-0.15, -0.1) is 3.89 Å². The third-order valence-corrected chi connectivity index (χ3v) is 4.31. The van der Waals surface area contributed by atoms with Crippen LogP contribution in [0.2, 0.25) is 0 Å². The standard InChI is InChI=1S/C16H21FN2O5S/c1-16(2,3)24-15(21)18-12-5-4-6-13(8-12)19-9-11(7-14(19)20)10-25(17,22)23/h4-6,8,11H,7,9-10H2,1-3H3,(H,18,21). The van der Waals surface area contributed by atoms with E-state index in [1.165, 1.54) is 4.90 Å². The number of hydrogen-bond donors (Lipinski definition) is 1. The number of hydrogen-bond acceptors (Lipinski definition) is 5. The summed E-state index contributed by atoms with van der Waals surface area (Å²) in [7, 11) is -4.63. The molecular weight excluding hydrogens is 351 g/mol. The van der Waals surface area contributed by atoms with Gasteiger partial charge in [0.2, 0.25) is 5.91 Å². The molecule has 7 nitrogen and oxygen atoms in total. The molecule has 0 radical (unpaired) electrons. The summed E-state index contributed by atoms with van der Waals surface area (Å²) < 4.78 is 39.5. The number of nitrogens with one attached hydrogen (secondary N) is 1. The van der Waals surface area contributed by atoms with E-state index in [-0.39, 0.29) is 18.9 Å². The normalized spacial score (nSPS) is 18.3. The summed E-state index contributed by atoms with van der Waals surface area (Å²) in [5.41, 5.74) is 0.288. The summed E-state index contributed by atoms with van der Waals surface area (Å²) in [5, 5.41) is 2.57. The van der Waals surface area contributed by atoms with Crippen molar-refractivity contribution in [1.82, 2.24) is 0 Å². The first-order valence-corrected chi connectivity index (χ1v) is 9.31. The highest BCUT2D eigenvalue weighted by Gasteiger charge is 2.33. The highest BCUT2D eigenvalue weighted by Crippen LogP contribution is 2.28. The van der Waals surface area contributed by atoms with E-state index < -0.39 is 33.6 Å². The van der Waals surface area contributed by atoms with Gasteiger partial charge >= 0.3 is 16.3 Å². The number of nitrogens with zero attached hydrogens (tertiary/aromatic N) is 1. The Morgan fingerprint density at radius 3 is 2.68 bits per heavy atom. The minimum absolute atomic E-state index is 0.0348. The van der Waals surface area contributed by atoms with Gasteiger partial charge in [0.15, 0.2) is 0 Å². The Morgan fingerprint density at radius 2 is 2.08 bits per heavy atom. The van der Waals surface area contributed by atoms with E-state index in [1.807, 2.05) is 0 Å². The van der Waals surface area contributed by atoms with Gasteiger partial charge < -0.3 is 9.64 Å². The summed E-state index contributed by atoms with van der Waals surface area (Å²) in [4.78, 5) is 25.3. The number of amides is 2. The van der Waals surface area contributed by atoms with Crippen molar-refractivity contribution in [2.24, 2.45) is 5.92 Å². The zero-order chi connectivity index (χ0) is 18.8. The molecule has 1 aromatic carbocycles. The maximum Gasteiger partial charge on any atom is 0.412 e. The minimum atomic E-state index is -4.63. The van der Waals surface area contributed by atoms with Gasteiger partial charge in [0.05, 0.1) is 5.75 Å². The molecule has 0 aliphatic carbocycles. The molecule has 0 bridgehead atoms. The van der Waals surface area contributed by atoms with Crippen LogP contribution in [0.4, 0.5) is 20.1 Å². The third kappa shape index (κ3) is 6.00. The van der Waals surface area contributed by atoms with Crippen LogP contribution in [0.1, 0.15) is 27.2 Å². The molecule has 1 saturated heterocycles. The summed E-state index contributed by atoms with van der Waals surface area (Å²) in [6.07, 6.45) is -0.661. The Kier molecular flexibility index (Phi) is 5.36. The molecule has 0 spiro atoms. The van der Waals surface area contributed by atoms with E-state index in [2.05, 4.69) is 5.32 Å². The molecule has 1 heterocycles. The van der Waals surface area contributed by atoms with Crippen LogP contribution in [-0.4, -0.2) is 38.3 Å². The van der Waals surface area contributed by atoms with Crippen LogP contribution in [0.15, 0.2) is 24.3 Å². The van der Waals surface area contributed by atoms with Crippen molar-refractivity contribution in [3.05, 3.63) is 24.3 Å². The molecule has 0 saturated carbocycles. The molecule has 1 atom stereocenters. The van der Waals surface area contributed by atoms with Gasteiger partial charge in [-0.1, -0.05) is 6.07 Å². The maximum absolute atomic E-state index is 12.8. The quantitative estimate of drug-likeness (QED) is 0.820. The first kappa shape index (κ1) is 19.2. The summed E-state index contributed by atoms with van der Waals surface area (Å²) >= 11 is 0. The topological polar surface area (TPSA) is 92.8 Å². The molecule has 2 rings (SSSR count). The van der Waals surface area contributed by atoms with Crippen LogP contribution in [0.5, 0.6) is 0 Å². The molecule has 9 heteroatoms. The average molecular weight is 372 g/mol. The zero-order valence-electron chi connectivity index (χ0n) is 14.3. The van der Waals surface area contributed by atoms with Crippen molar-refractivity contribution in [1.29, 1.82) is 0 Å². The first-order valence-electron chi connectivity index (χ1n) is 7.76. The van der Waals surface area contributed by atoms with E-state index in [4.69, 9.17) is 4.74 Å². The van der Waals surface area contributed by atoms with Gasteiger partial charge in [-0.25, -0.2) is 4.79 Å². The summed E-state index contributed by atoms with van der Waals surface area (Å²) in [6, 6.07) is 6.52. The van der Waals surface area contributed by atoms with Gasteiger partial charge in [-0.05, 0) is 39.0 Å². The van der Waals surface area contributed by atoms with E-state index >= 15 is 0 Å². The lowest BCUT2D eigenvalue weighted by atomic mass is 10.1. The number of carbonyl (C=O) groups excluding carboxylic acids is 2. The van der Waals surface area contributed by atoms with Crippen molar-refractivity contribution in [2.45, 2.75) is 32.8 Å². The largest absolute Gasteiger partial charge is 0.444 e. The van der Waals surface area contributed by atoms with E-state index in [1.54, 1.807) is 45.0 Å². The molecule has 1 aliphatic heterocycles. The SMILES string of the molecule is CC(C)(C)OC(=O)Nc1cccc(N2CC(CS(=O)(=O)F)CC2=O)c1. The molecule has 138 valence electrons. The highest BCUT2D eigenvalue weighted by molar-refractivity contribution is 7.86. The Hall–Kier alpha value is -2.16. The lowest BCUT2D eigenvalue weighted by Gasteiger charge is -2.21. The van der Waals surface area contributed by atoms with Gasteiger partial charge in [0.1, 0.15) is 5.60 Å². The van der Waals surface area contributed by atoms with Crippen LogP contribution >= 0.6 is 0 Å². The first-order chi connectivity index (χ1) is 11.4. The second-order valence-corrected chi connectivity index (χ2v) is 8.37. The number of rotatable bonds is 4. The molecule has 1 fully saturated rings. The van der Waals surface area contributed by atoms with Gasteiger partial charge in [-0.2, -0.15) is 8.42 Å². The van der Waals surface area contributed by atoms with Crippen molar-refractivity contribution in [2.75, 3.05) is 22.5 Å². The second-order valence-electron chi connectivity index (χ2n) is 6.96. The Labute approximate surface area is 146 Å². The number of carbonyl (C=O) groups is 2. The van der Waals surface area contributed by atoms with Crippen LogP contribution in [0.25, 0.3) is 0 Å². The molecule has 1 unspecified atom stereocenters. The molecule has 1 N–H and O–H groups in total. The van der Waals surface area contributed by atoms with Crippen molar-refractivity contribution >= 4 is 33.6 Å². The van der Waals surface area contributed by atoms with E-state index in [0.717, 1.165) is 0 Å². The predicted octanol–water partition coefficient (Wildman–Crippen LogP) is 2.69. The number of halogens is 1. The number of ether oxygens (including phenoxy) is 1. The van der Waals surface area contributed by atoms with Gasteiger partial charge in [0.25, 0.3) is 0 Å². The van der Waals surface area contributed by atoms with Crippen molar-refractivity contribution < 1.29 is 26.6 Å². The zero-order valence-corrected chi connectivity index (χ0v) is 15.1. The molecular formula is C16H21FN2O5S. The van der Waals surface area contributed by atoms with Gasteiger partial charge in [0, 0.05) is 30.3 Å². The smallest absolute Gasteiger partial charge is 0.412 e. The Bertz CT molecular complexity index is 773. The Balaban J connectivity index is 2.08. The summed E-state index contributed by atoms with van der Waals surface area (Å²) in [6.45, 7) is 5.33.